The minimum Gasteiger partial charge on any atom is -0.507 e. The second-order valence-corrected chi connectivity index (χ2v) is 21.6. The normalized spacial score (nSPS) is 12.7. The molecule has 8 rings (SSSR count). The van der Waals surface area contributed by atoms with Gasteiger partial charge >= 0.3 is 0 Å². The Kier molecular flexibility index (Phi) is 13.2. The average Bonchev–Trinajstić information content (AvgIpc) is 3.64. The first-order valence-corrected chi connectivity index (χ1v) is 23.2. The molecule has 0 unspecified atom stereocenters. The van der Waals surface area contributed by atoms with E-state index in [2.05, 4.69) is 196 Å². The molecule has 0 amide bonds. The molecule has 0 bridgehead atoms. The summed E-state index contributed by atoms with van der Waals surface area (Å²) in [7, 11) is 0. The van der Waals surface area contributed by atoms with Gasteiger partial charge in [0.1, 0.15) is 11.6 Å². The molecule has 0 aliphatic carbocycles. The van der Waals surface area contributed by atoms with Gasteiger partial charge in [0.2, 0.25) is 0 Å². The summed E-state index contributed by atoms with van der Waals surface area (Å²) in [5.74, 6) is 0.755. The molecule has 8 aromatic rings. The van der Waals surface area contributed by atoms with E-state index in [1.807, 2.05) is 38.2 Å². The fraction of sp³-hybridized carbons (Fsp3) is 0.311. The monoisotopic (exact) mass is 1050 g/mol. The van der Waals surface area contributed by atoms with E-state index in [4.69, 9.17) is 11.3 Å². The predicted octanol–water partition coefficient (Wildman–Crippen LogP) is 16.5. The first kappa shape index (κ1) is 46.9. The third kappa shape index (κ3) is 9.91. The molecule has 0 atom stereocenters. The number of aromatic nitrogens is 3. The molecular weight excluding hydrogens is 986 g/mol. The molecule has 2 aromatic heterocycles. The van der Waals surface area contributed by atoms with Crippen LogP contribution in [0.15, 0.2) is 134 Å². The Bertz CT molecular complexity index is 3060. The van der Waals surface area contributed by atoms with E-state index in [0.29, 0.717) is 17.3 Å². The number of benzene rings is 6. The molecule has 0 saturated heterocycles. The van der Waals surface area contributed by atoms with Crippen LogP contribution in [-0.4, -0.2) is 19.6 Å². The Morgan fingerprint density at radius 1 is 0.621 bits per heavy atom. The summed E-state index contributed by atoms with van der Waals surface area (Å²) in [4.78, 5) is 10.6. The number of phenolic OH excluding ortho intramolecular Hbond substituents is 1. The van der Waals surface area contributed by atoms with Crippen molar-refractivity contribution in [1.29, 1.82) is 0 Å². The van der Waals surface area contributed by atoms with Crippen LogP contribution in [0.2, 0.25) is 0 Å². The SMILES string of the molecule is [2H]C(C)(C)c1ccc(-c2ccnc(-c3[c-]c(-c4cccc5c4nc(-c4cc(C(C)(C)C)cc(C(C)(C)C)c4O)n5-c4ccc(CC(C)C)cc4-c4ccccc4)cc(C(C)(C)C)c3)c2)cc1.[Pt]. The van der Waals surface area contributed by atoms with Crippen LogP contribution < -0.4 is 0 Å². The quantitative estimate of drug-likeness (QED) is 0.147. The van der Waals surface area contributed by atoms with Crippen LogP contribution in [0.4, 0.5) is 0 Å². The summed E-state index contributed by atoms with van der Waals surface area (Å²) in [6.07, 6.45) is 2.83. The number of imidazole rings is 1. The molecular formula is C61H66N3OPt-. The van der Waals surface area contributed by atoms with Gasteiger partial charge in [0, 0.05) is 45.5 Å². The molecule has 0 fully saturated rings. The van der Waals surface area contributed by atoms with E-state index in [1.54, 1.807) is 0 Å². The summed E-state index contributed by atoms with van der Waals surface area (Å²) in [6.45, 7) is 28.3. The van der Waals surface area contributed by atoms with Crippen molar-refractivity contribution >= 4 is 11.0 Å². The largest absolute Gasteiger partial charge is 0.507 e. The Labute approximate surface area is 410 Å². The van der Waals surface area contributed by atoms with Crippen molar-refractivity contribution in [3.05, 3.63) is 167 Å². The van der Waals surface area contributed by atoms with Crippen LogP contribution in [0, 0.1) is 12.0 Å². The van der Waals surface area contributed by atoms with Gasteiger partial charge in [-0.3, -0.25) is 9.55 Å². The number of para-hydroxylation sites is 1. The molecule has 0 aliphatic heterocycles. The van der Waals surface area contributed by atoms with Crippen LogP contribution in [-0.2, 0) is 43.7 Å². The number of nitrogens with zero attached hydrogens (tertiary/aromatic N) is 3. The van der Waals surface area contributed by atoms with Gasteiger partial charge in [0.25, 0.3) is 0 Å². The molecule has 6 aromatic carbocycles. The maximum Gasteiger partial charge on any atom is 0.148 e. The molecule has 66 heavy (non-hydrogen) atoms. The van der Waals surface area contributed by atoms with Gasteiger partial charge in [-0.15, -0.1) is 29.3 Å². The van der Waals surface area contributed by atoms with Gasteiger partial charge in [0.05, 0.1) is 22.3 Å². The maximum absolute atomic E-state index is 12.5. The van der Waals surface area contributed by atoms with E-state index >= 15 is 0 Å². The first-order chi connectivity index (χ1) is 31.0. The van der Waals surface area contributed by atoms with Crippen molar-refractivity contribution < 1.29 is 27.5 Å². The summed E-state index contributed by atoms with van der Waals surface area (Å²) in [5.41, 5.74) is 16.1. The smallest absolute Gasteiger partial charge is 0.148 e. The van der Waals surface area contributed by atoms with E-state index in [-0.39, 0.29) is 43.1 Å². The first-order valence-electron chi connectivity index (χ1n) is 23.7. The number of rotatable bonds is 9. The van der Waals surface area contributed by atoms with E-state index in [9.17, 15) is 5.11 Å². The molecule has 4 nitrogen and oxygen atoms in total. The summed E-state index contributed by atoms with van der Waals surface area (Å²) < 4.78 is 10.8. The van der Waals surface area contributed by atoms with Gasteiger partial charge in [-0.2, -0.15) is 0 Å². The van der Waals surface area contributed by atoms with Crippen molar-refractivity contribution in [2.24, 2.45) is 5.92 Å². The topological polar surface area (TPSA) is 50.9 Å². The fourth-order valence-electron chi connectivity index (χ4n) is 8.82. The Hall–Kier alpha value is -5.57. The number of hydrogen-bond donors (Lipinski definition) is 1. The molecule has 342 valence electrons. The van der Waals surface area contributed by atoms with Gasteiger partial charge < -0.3 is 5.11 Å². The Morgan fingerprint density at radius 2 is 1.29 bits per heavy atom. The van der Waals surface area contributed by atoms with Crippen LogP contribution in [0.3, 0.4) is 0 Å². The minimum absolute atomic E-state index is 0. The molecule has 1 N–H and O–H groups in total. The average molecular weight is 1050 g/mol. The molecule has 0 spiro atoms. The summed E-state index contributed by atoms with van der Waals surface area (Å²) in [5, 5.41) is 12.5. The minimum atomic E-state index is -0.672. The number of hydrogen-bond acceptors (Lipinski definition) is 3. The molecule has 0 saturated carbocycles. The van der Waals surface area contributed by atoms with E-state index < -0.39 is 5.89 Å². The van der Waals surface area contributed by atoms with Gasteiger partial charge in [0.15, 0.2) is 0 Å². The van der Waals surface area contributed by atoms with Crippen molar-refractivity contribution in [1.82, 2.24) is 14.5 Å². The van der Waals surface area contributed by atoms with Crippen LogP contribution >= 0.6 is 0 Å². The zero-order valence-electron chi connectivity index (χ0n) is 42.1. The summed E-state index contributed by atoms with van der Waals surface area (Å²) in [6, 6.07) is 49.1. The van der Waals surface area contributed by atoms with Crippen molar-refractivity contribution in [3.8, 4) is 67.5 Å². The molecule has 0 radical (unpaired) electrons. The van der Waals surface area contributed by atoms with Gasteiger partial charge in [-0.25, -0.2) is 4.98 Å². The number of phenols is 1. The van der Waals surface area contributed by atoms with Crippen LogP contribution in [0.1, 0.15) is 125 Å². The Morgan fingerprint density at radius 3 is 1.92 bits per heavy atom. The fourth-order valence-corrected chi connectivity index (χ4v) is 8.82. The predicted molar refractivity (Wildman–Crippen MR) is 275 cm³/mol. The van der Waals surface area contributed by atoms with Crippen LogP contribution in [0.25, 0.3) is 72.7 Å². The Balaban J connectivity index is 0.00000666. The molecule has 2 heterocycles. The number of pyridine rings is 1. The second kappa shape index (κ2) is 18.6. The van der Waals surface area contributed by atoms with E-state index in [0.717, 1.165) is 90.0 Å². The zero-order chi connectivity index (χ0) is 47.5. The third-order valence-corrected chi connectivity index (χ3v) is 12.6. The standard InChI is InChI=1S/C61H66N3O.Pt/c1-38(2)30-40-22-27-54(50(31-40)43-18-15-14-16-19-43)64-55-21-17-20-49(56(55)63-58(64)51-36-48(60(8,9)10)37-52(57(51)65)61(11,12)13)45-32-46(34-47(33-45)59(5,6)7)53-35-44(28-29-62-53)42-25-23-41(24-26-42)39(3)4;/h14-29,31,33-39,65H,30H2,1-13H3;/q-1;/i39D;. The van der Waals surface area contributed by atoms with Crippen molar-refractivity contribution in [2.75, 3.05) is 0 Å². The summed E-state index contributed by atoms with van der Waals surface area (Å²) >= 11 is 0. The second-order valence-electron chi connectivity index (χ2n) is 21.6. The van der Waals surface area contributed by atoms with Gasteiger partial charge in [-0.05, 0) is 98.2 Å². The number of aromatic hydroxyl groups is 1. The maximum atomic E-state index is 12.5. The third-order valence-electron chi connectivity index (χ3n) is 12.6. The van der Waals surface area contributed by atoms with E-state index in [1.165, 1.54) is 5.56 Å². The molecule has 5 heteroatoms. The number of fused-ring (bicyclic) bond motifs is 1. The van der Waals surface area contributed by atoms with Crippen molar-refractivity contribution in [2.45, 2.75) is 119 Å². The molecule has 0 aliphatic rings. The zero-order valence-corrected chi connectivity index (χ0v) is 43.4. The van der Waals surface area contributed by atoms with Crippen molar-refractivity contribution in [3.63, 3.8) is 0 Å². The van der Waals surface area contributed by atoms with Crippen LogP contribution in [0.5, 0.6) is 5.75 Å². The van der Waals surface area contributed by atoms with Gasteiger partial charge in [-0.1, -0.05) is 186 Å².